The Bertz CT molecular complexity index is 2380. The Morgan fingerprint density at radius 2 is 1.27 bits per heavy atom. The van der Waals surface area contributed by atoms with Gasteiger partial charge in [-0.3, -0.25) is 4.99 Å². The van der Waals surface area contributed by atoms with E-state index in [0.717, 1.165) is 39.1 Å². The van der Waals surface area contributed by atoms with Crippen LogP contribution in [0.25, 0.3) is 54.7 Å². The predicted octanol–water partition coefficient (Wildman–Crippen LogP) is 11.0. The number of rotatable bonds is 9. The molecule has 7 aromatic carbocycles. The zero-order valence-electron chi connectivity index (χ0n) is 26.6. The van der Waals surface area contributed by atoms with Crippen molar-refractivity contribution in [1.82, 2.24) is 0 Å². The number of benzene rings is 7. The van der Waals surface area contributed by atoms with Crippen molar-refractivity contribution in [3.05, 3.63) is 193 Å². The molecule has 0 aliphatic rings. The highest BCUT2D eigenvalue weighted by molar-refractivity contribution is 6.20. The third-order valence-corrected chi connectivity index (χ3v) is 8.79. The van der Waals surface area contributed by atoms with Crippen LogP contribution in [0.2, 0.25) is 0 Å². The maximum absolute atomic E-state index is 7.23. The number of nitrogens with one attached hydrogen (secondary N) is 1. The van der Waals surface area contributed by atoms with Crippen LogP contribution in [0.5, 0.6) is 0 Å². The highest BCUT2D eigenvalue weighted by Crippen LogP contribution is 2.39. The quantitative estimate of drug-likeness (QED) is 0.0720. The van der Waals surface area contributed by atoms with Gasteiger partial charge in [0.2, 0.25) is 0 Å². The van der Waals surface area contributed by atoms with E-state index in [-0.39, 0.29) is 0 Å². The third-order valence-electron chi connectivity index (χ3n) is 8.79. The first-order valence-corrected chi connectivity index (χ1v) is 16.1. The first-order valence-electron chi connectivity index (χ1n) is 16.1. The van der Waals surface area contributed by atoms with Gasteiger partial charge >= 0.3 is 0 Å². The molecule has 230 valence electrons. The molecule has 0 aliphatic carbocycles. The topological polar surface area (TPSA) is 62.2 Å². The van der Waals surface area contributed by atoms with E-state index in [4.69, 9.17) is 16.1 Å². The van der Waals surface area contributed by atoms with Gasteiger partial charge in [0, 0.05) is 11.9 Å². The van der Waals surface area contributed by atoms with Crippen molar-refractivity contribution in [3.8, 4) is 11.1 Å². The molecule has 0 saturated heterocycles. The van der Waals surface area contributed by atoms with E-state index in [2.05, 4.69) is 110 Å². The molecule has 3 nitrogen and oxygen atoms in total. The summed E-state index contributed by atoms with van der Waals surface area (Å²) in [6, 6.07) is 51.0. The average Bonchev–Trinajstić information content (AvgIpc) is 3.15. The van der Waals surface area contributed by atoms with E-state index in [0.29, 0.717) is 12.2 Å². The van der Waals surface area contributed by atoms with Crippen molar-refractivity contribution in [2.24, 2.45) is 10.7 Å². The summed E-state index contributed by atoms with van der Waals surface area (Å²) in [5, 5.41) is 14.7. The zero-order chi connectivity index (χ0) is 32.9. The van der Waals surface area contributed by atoms with Crippen LogP contribution in [0.3, 0.4) is 0 Å². The Labute approximate surface area is 281 Å². The third kappa shape index (κ3) is 6.22. The zero-order valence-corrected chi connectivity index (χ0v) is 26.6. The standard InChI is InChI=1S/C45H35N3/c1-31(10-9-27-46)33-17-19-35(20-18-33)43(47)29-44(48-30-32-11-3-2-4-12-32)36-21-23-37(24-22-36)45-40-16-8-6-14-38(40)28-42-39-15-7-5-13-34(39)25-26-41(42)45/h2-29,46H,1,30,47H2/b10-9-,43-29-,46-27?,48-44?. The summed E-state index contributed by atoms with van der Waals surface area (Å²) in [6.07, 6.45) is 6.70. The maximum atomic E-state index is 7.23. The number of aliphatic imine (C=N–C) groups is 1. The lowest BCUT2D eigenvalue weighted by Gasteiger charge is -2.15. The van der Waals surface area contributed by atoms with Crippen LogP contribution in [0.1, 0.15) is 22.3 Å². The van der Waals surface area contributed by atoms with Crippen LogP contribution in [0.15, 0.2) is 175 Å². The van der Waals surface area contributed by atoms with E-state index in [1.165, 1.54) is 44.1 Å². The molecule has 7 aromatic rings. The van der Waals surface area contributed by atoms with E-state index in [1.54, 1.807) is 6.08 Å². The summed E-state index contributed by atoms with van der Waals surface area (Å²) in [6.45, 7) is 4.64. The fourth-order valence-electron chi connectivity index (χ4n) is 6.29. The minimum absolute atomic E-state index is 0.543. The molecule has 0 saturated carbocycles. The van der Waals surface area contributed by atoms with Crippen molar-refractivity contribution in [3.63, 3.8) is 0 Å². The predicted molar refractivity (Wildman–Crippen MR) is 207 cm³/mol. The Balaban J connectivity index is 1.29. The van der Waals surface area contributed by atoms with Gasteiger partial charge in [0.1, 0.15) is 0 Å². The van der Waals surface area contributed by atoms with Crippen molar-refractivity contribution >= 4 is 55.5 Å². The monoisotopic (exact) mass is 617 g/mol. The van der Waals surface area contributed by atoms with Gasteiger partial charge in [-0.2, -0.15) is 0 Å². The van der Waals surface area contributed by atoms with Crippen LogP contribution in [0, 0.1) is 5.41 Å². The lowest BCUT2D eigenvalue weighted by atomic mass is 9.89. The fourth-order valence-corrected chi connectivity index (χ4v) is 6.29. The molecule has 0 heterocycles. The highest BCUT2D eigenvalue weighted by atomic mass is 14.7. The highest BCUT2D eigenvalue weighted by Gasteiger charge is 2.13. The van der Waals surface area contributed by atoms with Crippen LogP contribution < -0.4 is 5.73 Å². The summed E-state index contributed by atoms with van der Waals surface area (Å²) in [4.78, 5) is 5.06. The van der Waals surface area contributed by atoms with Gasteiger partial charge in [-0.05, 0) is 89.5 Å². The average molecular weight is 618 g/mol. The van der Waals surface area contributed by atoms with Crippen LogP contribution in [0.4, 0.5) is 0 Å². The molecular weight excluding hydrogens is 583 g/mol. The maximum Gasteiger partial charge on any atom is 0.0671 e. The Kier molecular flexibility index (Phi) is 8.58. The van der Waals surface area contributed by atoms with Crippen LogP contribution in [-0.2, 0) is 6.54 Å². The van der Waals surface area contributed by atoms with Gasteiger partial charge in [-0.15, -0.1) is 0 Å². The minimum atomic E-state index is 0.543. The molecule has 7 rings (SSSR count). The molecule has 0 fully saturated rings. The molecule has 0 amide bonds. The van der Waals surface area contributed by atoms with Gasteiger partial charge in [0.05, 0.1) is 12.3 Å². The number of hydrogen-bond donors (Lipinski definition) is 2. The second-order valence-electron chi connectivity index (χ2n) is 11.8. The second kappa shape index (κ2) is 13.6. The molecule has 0 unspecified atom stereocenters. The first kappa shape index (κ1) is 30.3. The molecule has 0 radical (unpaired) electrons. The summed E-state index contributed by atoms with van der Waals surface area (Å²) >= 11 is 0. The van der Waals surface area contributed by atoms with Gasteiger partial charge in [0.25, 0.3) is 0 Å². The smallest absolute Gasteiger partial charge is 0.0671 e. The molecule has 3 N–H and O–H groups in total. The lowest BCUT2D eigenvalue weighted by molar-refractivity contribution is 1.07. The molecule has 0 atom stereocenters. The number of allylic oxidation sites excluding steroid dienone is 4. The largest absolute Gasteiger partial charge is 0.398 e. The van der Waals surface area contributed by atoms with Crippen LogP contribution >= 0.6 is 0 Å². The number of hydrogen-bond acceptors (Lipinski definition) is 3. The normalized spacial score (nSPS) is 12.2. The molecule has 0 bridgehead atoms. The molecule has 0 aliphatic heterocycles. The Hall–Kier alpha value is -6.32. The van der Waals surface area contributed by atoms with Gasteiger partial charge in [0.15, 0.2) is 0 Å². The summed E-state index contributed by atoms with van der Waals surface area (Å²) in [5.41, 5.74) is 15.4. The van der Waals surface area contributed by atoms with E-state index in [9.17, 15) is 0 Å². The van der Waals surface area contributed by atoms with Gasteiger partial charge in [-0.1, -0.05) is 152 Å². The molecule has 3 heteroatoms. The summed E-state index contributed by atoms with van der Waals surface area (Å²) in [7, 11) is 0. The van der Waals surface area contributed by atoms with Crippen molar-refractivity contribution < 1.29 is 0 Å². The summed E-state index contributed by atoms with van der Waals surface area (Å²) in [5.74, 6) is 0. The molecule has 0 aromatic heterocycles. The molecular formula is C45H35N3. The first-order chi connectivity index (χ1) is 23.6. The van der Waals surface area contributed by atoms with Gasteiger partial charge in [-0.25, -0.2) is 0 Å². The second-order valence-corrected chi connectivity index (χ2v) is 11.8. The molecule has 0 spiro atoms. The van der Waals surface area contributed by atoms with Crippen molar-refractivity contribution in [2.45, 2.75) is 6.54 Å². The van der Waals surface area contributed by atoms with Crippen molar-refractivity contribution in [1.29, 1.82) is 5.41 Å². The Morgan fingerprint density at radius 1 is 0.625 bits per heavy atom. The van der Waals surface area contributed by atoms with Crippen molar-refractivity contribution in [2.75, 3.05) is 0 Å². The number of nitrogens with zero attached hydrogens (tertiary/aromatic N) is 1. The van der Waals surface area contributed by atoms with E-state index in [1.807, 2.05) is 54.6 Å². The van der Waals surface area contributed by atoms with Gasteiger partial charge < -0.3 is 11.1 Å². The lowest BCUT2D eigenvalue weighted by Crippen LogP contribution is -2.05. The molecule has 48 heavy (non-hydrogen) atoms. The van der Waals surface area contributed by atoms with E-state index < -0.39 is 0 Å². The number of nitrogens with two attached hydrogens (primary N) is 1. The Morgan fingerprint density at radius 3 is 2.02 bits per heavy atom. The SMILES string of the molecule is C=C(/C=C\C=N)c1ccc(/C(N)=C/C(=NCc2ccccc2)c2ccc(-c3c4ccccc4cc4c3ccc3ccccc34)cc2)cc1. The van der Waals surface area contributed by atoms with E-state index >= 15 is 0 Å². The minimum Gasteiger partial charge on any atom is -0.398 e. The summed E-state index contributed by atoms with van der Waals surface area (Å²) < 4.78 is 0. The number of fused-ring (bicyclic) bond motifs is 4. The van der Waals surface area contributed by atoms with Crippen LogP contribution in [-0.4, -0.2) is 11.9 Å². The fraction of sp³-hybridized carbons (Fsp3) is 0.0222.